The van der Waals surface area contributed by atoms with Crippen LogP contribution in [0.3, 0.4) is 0 Å². The van der Waals surface area contributed by atoms with Crippen LogP contribution in [-0.2, 0) is 20.8 Å². The van der Waals surface area contributed by atoms with Gasteiger partial charge in [-0.05, 0) is 19.8 Å². The Morgan fingerprint density at radius 2 is 1.03 bits per heavy atom. The Morgan fingerprint density at radius 1 is 0.559 bits per heavy atom. The fraction of sp³-hybridized carbons (Fsp3) is 0.833. The van der Waals surface area contributed by atoms with Crippen molar-refractivity contribution in [1.29, 1.82) is 0 Å². The van der Waals surface area contributed by atoms with Gasteiger partial charge in [0, 0.05) is 38.4 Å². The van der Waals surface area contributed by atoms with Gasteiger partial charge in [-0.3, -0.25) is 0 Å². The van der Waals surface area contributed by atoms with E-state index in [-0.39, 0.29) is 6.10 Å². The number of hydrogen-bond acceptors (Lipinski definition) is 3. The minimum absolute atomic E-state index is 0.0557. The molecule has 0 N–H and O–H groups in total. The van der Waals surface area contributed by atoms with Crippen LogP contribution in [0.5, 0.6) is 0 Å². The van der Waals surface area contributed by atoms with E-state index in [1.54, 1.807) is 0 Å². The number of aromatic nitrogens is 1. The molecule has 0 aliphatic rings. The average Bonchev–Trinajstić information content (AvgIpc) is 2.86. The molecule has 0 spiro atoms. The van der Waals surface area contributed by atoms with Crippen molar-refractivity contribution in [3.05, 3.63) is 30.6 Å². The van der Waals surface area contributed by atoms with Gasteiger partial charge in [-0.2, -0.15) is 0 Å². The van der Waals surface area contributed by atoms with Crippen LogP contribution in [0.15, 0.2) is 30.6 Å². The zero-order chi connectivity index (χ0) is 24.4. The van der Waals surface area contributed by atoms with Crippen LogP contribution in [0.4, 0.5) is 0 Å². The van der Waals surface area contributed by atoms with Crippen molar-refractivity contribution < 1.29 is 18.8 Å². The van der Waals surface area contributed by atoms with Crippen LogP contribution in [0.1, 0.15) is 117 Å². The molecular formula is C30H56NO3+. The molecule has 0 fully saturated rings. The van der Waals surface area contributed by atoms with E-state index in [0.717, 1.165) is 39.0 Å². The summed E-state index contributed by atoms with van der Waals surface area (Å²) in [5, 5.41) is 0. The normalized spacial score (nSPS) is 12.3. The second-order valence-electron chi connectivity index (χ2n) is 9.64. The zero-order valence-electron chi connectivity index (χ0n) is 22.7. The summed E-state index contributed by atoms with van der Waals surface area (Å²) in [5.41, 5.74) is 0. The van der Waals surface area contributed by atoms with Crippen LogP contribution in [0.2, 0.25) is 0 Å². The average molecular weight is 479 g/mol. The van der Waals surface area contributed by atoms with Crippen LogP contribution >= 0.6 is 0 Å². The highest BCUT2D eigenvalue weighted by Gasteiger charge is 2.09. The molecule has 4 heteroatoms. The fourth-order valence-electron chi connectivity index (χ4n) is 4.29. The van der Waals surface area contributed by atoms with Crippen LogP contribution < -0.4 is 4.57 Å². The Labute approximate surface area is 211 Å². The third kappa shape index (κ3) is 20.4. The van der Waals surface area contributed by atoms with Crippen molar-refractivity contribution in [2.75, 3.05) is 33.0 Å². The molecule has 1 atom stereocenters. The summed E-state index contributed by atoms with van der Waals surface area (Å²) in [5.74, 6) is 0. The lowest BCUT2D eigenvalue weighted by Crippen LogP contribution is -2.32. The lowest BCUT2D eigenvalue weighted by Gasteiger charge is -2.17. The highest BCUT2D eigenvalue weighted by Crippen LogP contribution is 2.13. The molecule has 0 aliphatic heterocycles. The van der Waals surface area contributed by atoms with E-state index in [2.05, 4.69) is 42.1 Å². The summed E-state index contributed by atoms with van der Waals surface area (Å²) in [6.45, 7) is 8.99. The lowest BCUT2D eigenvalue weighted by atomic mass is 10.0. The lowest BCUT2D eigenvalue weighted by molar-refractivity contribution is -0.697. The third-order valence-corrected chi connectivity index (χ3v) is 6.38. The second-order valence-corrected chi connectivity index (χ2v) is 9.64. The number of unbranched alkanes of at least 4 members (excludes halogenated alkanes) is 14. The van der Waals surface area contributed by atoms with Gasteiger partial charge in [0.05, 0.1) is 13.2 Å². The van der Waals surface area contributed by atoms with Gasteiger partial charge < -0.3 is 14.2 Å². The van der Waals surface area contributed by atoms with E-state index in [4.69, 9.17) is 14.2 Å². The molecule has 0 amide bonds. The molecule has 1 rings (SSSR count). The van der Waals surface area contributed by atoms with Crippen molar-refractivity contribution in [2.45, 2.75) is 129 Å². The van der Waals surface area contributed by atoms with E-state index >= 15 is 0 Å². The standard InChI is InChI=1S/C30H56NO3/c1-3-5-6-7-8-9-10-11-12-13-14-15-16-21-26-32-28-30(34-4-2)29-33-27-22-20-25-31-23-18-17-19-24-31/h17-19,23-24,30H,3-16,20-22,25-29H2,1-2H3/q+1. The largest absolute Gasteiger partial charge is 0.379 e. The number of aryl methyl sites for hydroxylation is 1. The fourth-order valence-corrected chi connectivity index (χ4v) is 4.29. The van der Waals surface area contributed by atoms with Gasteiger partial charge >= 0.3 is 0 Å². The first-order chi connectivity index (χ1) is 16.9. The molecule has 198 valence electrons. The summed E-state index contributed by atoms with van der Waals surface area (Å²) < 4.78 is 19.7. The number of hydrogen-bond donors (Lipinski definition) is 0. The molecule has 1 unspecified atom stereocenters. The Balaban J connectivity index is 1.84. The van der Waals surface area contributed by atoms with Crippen molar-refractivity contribution in [3.8, 4) is 0 Å². The summed E-state index contributed by atoms with van der Waals surface area (Å²) in [6, 6.07) is 6.19. The molecule has 0 bridgehead atoms. The Bertz CT molecular complexity index is 511. The predicted molar refractivity (Wildman–Crippen MR) is 143 cm³/mol. The molecule has 0 saturated heterocycles. The first-order valence-corrected chi connectivity index (χ1v) is 14.6. The van der Waals surface area contributed by atoms with Gasteiger partial charge in [0.1, 0.15) is 12.6 Å². The van der Waals surface area contributed by atoms with Gasteiger partial charge in [0.15, 0.2) is 12.4 Å². The molecule has 0 aliphatic carbocycles. The molecule has 0 radical (unpaired) electrons. The second kappa shape index (κ2) is 25.1. The molecule has 1 aromatic rings. The summed E-state index contributed by atoms with van der Waals surface area (Å²) in [6.07, 6.45) is 25.9. The monoisotopic (exact) mass is 478 g/mol. The molecule has 1 heterocycles. The summed E-state index contributed by atoms with van der Waals surface area (Å²) in [7, 11) is 0. The number of pyridine rings is 1. The van der Waals surface area contributed by atoms with Crippen molar-refractivity contribution in [1.82, 2.24) is 0 Å². The minimum Gasteiger partial charge on any atom is -0.379 e. The van der Waals surface area contributed by atoms with E-state index in [9.17, 15) is 0 Å². The maximum Gasteiger partial charge on any atom is 0.168 e. The maximum absolute atomic E-state index is 5.88. The Hall–Kier alpha value is -0.970. The van der Waals surface area contributed by atoms with Crippen LogP contribution in [-0.4, -0.2) is 39.1 Å². The minimum atomic E-state index is 0.0557. The van der Waals surface area contributed by atoms with Crippen molar-refractivity contribution >= 4 is 0 Å². The maximum atomic E-state index is 5.88. The molecule has 4 nitrogen and oxygen atoms in total. The van der Waals surface area contributed by atoms with Crippen LogP contribution in [0.25, 0.3) is 0 Å². The van der Waals surface area contributed by atoms with Gasteiger partial charge in [0.2, 0.25) is 0 Å². The van der Waals surface area contributed by atoms with Gasteiger partial charge in [-0.15, -0.1) is 0 Å². The van der Waals surface area contributed by atoms with Gasteiger partial charge in [-0.25, -0.2) is 4.57 Å². The number of nitrogens with zero attached hydrogens (tertiary/aromatic N) is 1. The topological polar surface area (TPSA) is 31.6 Å². The summed E-state index contributed by atoms with van der Waals surface area (Å²) >= 11 is 0. The SMILES string of the molecule is CCCCCCCCCCCCCCCCOCC(COCCCC[n+]1ccccc1)OCC. The first kappa shape index (κ1) is 31.1. The molecule has 0 aromatic carbocycles. The first-order valence-electron chi connectivity index (χ1n) is 14.6. The highest BCUT2D eigenvalue weighted by molar-refractivity contribution is 4.83. The van der Waals surface area contributed by atoms with Crippen LogP contribution in [0, 0.1) is 0 Å². The molecular weight excluding hydrogens is 422 g/mol. The van der Waals surface area contributed by atoms with Gasteiger partial charge in [-0.1, -0.05) is 96.5 Å². The van der Waals surface area contributed by atoms with E-state index in [0.29, 0.717) is 19.8 Å². The third-order valence-electron chi connectivity index (χ3n) is 6.38. The van der Waals surface area contributed by atoms with Gasteiger partial charge in [0.25, 0.3) is 0 Å². The number of rotatable bonds is 26. The van der Waals surface area contributed by atoms with Crippen molar-refractivity contribution in [2.24, 2.45) is 0 Å². The van der Waals surface area contributed by atoms with E-state index in [1.165, 1.54) is 83.5 Å². The smallest absolute Gasteiger partial charge is 0.168 e. The molecule has 0 saturated carbocycles. The summed E-state index contributed by atoms with van der Waals surface area (Å²) in [4.78, 5) is 0. The van der Waals surface area contributed by atoms with Crippen molar-refractivity contribution in [3.63, 3.8) is 0 Å². The predicted octanol–water partition coefficient (Wildman–Crippen LogP) is 7.67. The molecule has 34 heavy (non-hydrogen) atoms. The Kier molecular flexibility index (Phi) is 23.0. The zero-order valence-corrected chi connectivity index (χ0v) is 22.7. The Morgan fingerprint density at radius 3 is 1.53 bits per heavy atom. The quantitative estimate of drug-likeness (QED) is 0.101. The highest BCUT2D eigenvalue weighted by atomic mass is 16.6. The number of ether oxygens (including phenoxy) is 3. The van der Waals surface area contributed by atoms with E-state index < -0.39 is 0 Å². The van der Waals surface area contributed by atoms with E-state index in [1.807, 2.05) is 6.92 Å². The molecule has 1 aromatic heterocycles.